The molecule has 0 saturated carbocycles. The molecule has 0 spiro atoms. The normalized spacial score (nSPS) is 21.2. The molecule has 3 amide bonds. The molecule has 9 nitrogen and oxygen atoms in total. The van der Waals surface area contributed by atoms with Gasteiger partial charge in [-0.3, -0.25) is 14.4 Å². The van der Waals surface area contributed by atoms with Gasteiger partial charge < -0.3 is 26.4 Å². The van der Waals surface area contributed by atoms with Crippen molar-refractivity contribution in [3.8, 4) is 0 Å². The maximum atomic E-state index is 11.9. The van der Waals surface area contributed by atoms with E-state index in [1.807, 2.05) is 6.26 Å². The van der Waals surface area contributed by atoms with Gasteiger partial charge in [-0.2, -0.15) is 11.8 Å². The van der Waals surface area contributed by atoms with Crippen molar-refractivity contribution in [1.29, 1.82) is 0 Å². The molecule has 2 saturated heterocycles. The minimum atomic E-state index is -0.928. The largest absolute Gasteiger partial charge is 0.480 e. The monoisotopic (exact) mass is 360 g/mol. The standard InChI is InChI=1S/C10H18N2O3S.C4H6N2O2/c1-16-6-4-7(11)9(13)12-5-2-3-8(12)10(14)15;7-3-4(8)6-2-1-5-3/h7-8H,2-6,11H2,1H3,(H,14,15);1-2H2,(H,5,7)(H,6,8). The fourth-order valence-electron chi connectivity index (χ4n) is 2.38. The molecule has 2 fully saturated rings. The molecule has 0 aromatic heterocycles. The molecule has 2 atom stereocenters. The van der Waals surface area contributed by atoms with Crippen molar-refractivity contribution in [2.45, 2.75) is 31.3 Å². The van der Waals surface area contributed by atoms with E-state index in [9.17, 15) is 19.2 Å². The third-order valence-electron chi connectivity index (χ3n) is 3.67. The van der Waals surface area contributed by atoms with Crippen molar-refractivity contribution in [3.05, 3.63) is 0 Å². The first-order valence-electron chi connectivity index (χ1n) is 7.72. The van der Waals surface area contributed by atoms with Crippen molar-refractivity contribution < 1.29 is 24.3 Å². The Kier molecular flexibility index (Phi) is 8.55. The summed E-state index contributed by atoms with van der Waals surface area (Å²) in [4.78, 5) is 44.8. The molecular weight excluding hydrogens is 336 g/mol. The van der Waals surface area contributed by atoms with Crippen LogP contribution in [-0.2, 0) is 19.2 Å². The first-order chi connectivity index (χ1) is 11.4. The molecule has 0 aliphatic carbocycles. The Bertz CT molecular complexity index is 472. The SMILES string of the molecule is CSCCC(N)C(=O)N1CCCC1C(=O)O.O=C1NCCNC1=O. The molecule has 0 bridgehead atoms. The highest BCUT2D eigenvalue weighted by molar-refractivity contribution is 7.98. The predicted octanol–water partition coefficient (Wildman–Crippen LogP) is -1.63. The van der Waals surface area contributed by atoms with Crippen molar-refractivity contribution >= 4 is 35.5 Å². The van der Waals surface area contributed by atoms with E-state index >= 15 is 0 Å². The van der Waals surface area contributed by atoms with Gasteiger partial charge in [0.05, 0.1) is 6.04 Å². The number of nitrogens with zero attached hydrogens (tertiary/aromatic N) is 1. The smallest absolute Gasteiger partial charge is 0.326 e. The highest BCUT2D eigenvalue weighted by atomic mass is 32.2. The molecule has 10 heteroatoms. The maximum Gasteiger partial charge on any atom is 0.326 e. The van der Waals surface area contributed by atoms with E-state index in [0.29, 0.717) is 32.5 Å². The number of hydrogen-bond acceptors (Lipinski definition) is 6. The second-order valence-electron chi connectivity index (χ2n) is 5.43. The zero-order chi connectivity index (χ0) is 18.1. The molecule has 0 radical (unpaired) electrons. The molecule has 0 aromatic rings. The number of nitrogens with one attached hydrogen (secondary N) is 2. The van der Waals surface area contributed by atoms with Gasteiger partial charge in [-0.15, -0.1) is 0 Å². The van der Waals surface area contributed by atoms with Crippen molar-refractivity contribution in [3.63, 3.8) is 0 Å². The van der Waals surface area contributed by atoms with Crippen LogP contribution in [0.25, 0.3) is 0 Å². The van der Waals surface area contributed by atoms with Crippen LogP contribution in [0.5, 0.6) is 0 Å². The Labute approximate surface area is 144 Å². The van der Waals surface area contributed by atoms with Crippen molar-refractivity contribution in [2.75, 3.05) is 31.6 Å². The minimum Gasteiger partial charge on any atom is -0.480 e. The number of carbonyl (C=O) groups excluding carboxylic acids is 3. The summed E-state index contributed by atoms with van der Waals surface area (Å²) in [5, 5.41) is 13.7. The van der Waals surface area contributed by atoms with Gasteiger partial charge in [-0.25, -0.2) is 4.79 Å². The van der Waals surface area contributed by atoms with Crippen molar-refractivity contribution in [2.24, 2.45) is 5.73 Å². The minimum absolute atomic E-state index is 0.223. The molecule has 136 valence electrons. The van der Waals surface area contributed by atoms with Crippen LogP contribution in [0.3, 0.4) is 0 Å². The second-order valence-corrected chi connectivity index (χ2v) is 6.41. The third-order valence-corrected chi connectivity index (χ3v) is 4.32. The number of amides is 3. The summed E-state index contributed by atoms with van der Waals surface area (Å²) in [5.41, 5.74) is 5.75. The molecular formula is C14H24N4O5S. The first-order valence-corrected chi connectivity index (χ1v) is 9.11. The summed E-state index contributed by atoms with van der Waals surface area (Å²) in [5.74, 6) is -1.40. The topological polar surface area (TPSA) is 142 Å². The van der Waals surface area contributed by atoms with Crippen LogP contribution in [0, 0.1) is 0 Å². The lowest BCUT2D eigenvalue weighted by Gasteiger charge is -2.24. The Morgan fingerprint density at radius 3 is 2.38 bits per heavy atom. The van der Waals surface area contributed by atoms with Gasteiger partial charge in [0.1, 0.15) is 6.04 Å². The van der Waals surface area contributed by atoms with E-state index in [2.05, 4.69) is 10.6 Å². The third kappa shape index (κ3) is 6.00. The summed E-state index contributed by atoms with van der Waals surface area (Å²) < 4.78 is 0. The van der Waals surface area contributed by atoms with Gasteiger partial charge in [0, 0.05) is 19.6 Å². The van der Waals surface area contributed by atoms with Crippen molar-refractivity contribution in [1.82, 2.24) is 15.5 Å². The Balaban J connectivity index is 0.000000300. The Morgan fingerprint density at radius 1 is 1.33 bits per heavy atom. The van der Waals surface area contributed by atoms with E-state index in [0.717, 1.165) is 12.2 Å². The zero-order valence-corrected chi connectivity index (χ0v) is 14.4. The van der Waals surface area contributed by atoms with Crippen LogP contribution >= 0.6 is 11.8 Å². The Morgan fingerprint density at radius 2 is 1.92 bits per heavy atom. The highest BCUT2D eigenvalue weighted by Gasteiger charge is 2.35. The van der Waals surface area contributed by atoms with Gasteiger partial charge in [-0.1, -0.05) is 0 Å². The van der Waals surface area contributed by atoms with E-state index in [1.165, 1.54) is 4.90 Å². The van der Waals surface area contributed by atoms with Crippen LogP contribution < -0.4 is 16.4 Å². The van der Waals surface area contributed by atoms with Crippen LogP contribution in [0.4, 0.5) is 0 Å². The van der Waals surface area contributed by atoms with Gasteiger partial charge in [0.2, 0.25) is 5.91 Å². The van der Waals surface area contributed by atoms with Crippen LogP contribution in [0.15, 0.2) is 0 Å². The molecule has 2 aliphatic rings. The number of thioether (sulfide) groups is 1. The van der Waals surface area contributed by atoms with Gasteiger partial charge in [0.15, 0.2) is 0 Å². The van der Waals surface area contributed by atoms with E-state index in [-0.39, 0.29) is 5.91 Å². The van der Waals surface area contributed by atoms with Crippen LogP contribution in [-0.4, -0.2) is 77.4 Å². The quantitative estimate of drug-likeness (QED) is 0.431. The van der Waals surface area contributed by atoms with Crippen LogP contribution in [0.1, 0.15) is 19.3 Å². The average molecular weight is 360 g/mol. The summed E-state index contributed by atoms with van der Waals surface area (Å²) >= 11 is 1.63. The summed E-state index contributed by atoms with van der Waals surface area (Å²) in [6.07, 6.45) is 3.84. The summed E-state index contributed by atoms with van der Waals surface area (Å²) in [6.45, 7) is 1.61. The van der Waals surface area contributed by atoms with E-state index in [1.54, 1.807) is 11.8 Å². The first kappa shape index (κ1) is 20.2. The predicted molar refractivity (Wildman–Crippen MR) is 89.4 cm³/mol. The number of aliphatic carboxylic acids is 1. The lowest BCUT2D eigenvalue weighted by atomic mass is 10.2. The number of carboxylic acid groups (broad SMARTS) is 1. The molecule has 2 unspecified atom stereocenters. The summed E-state index contributed by atoms with van der Waals surface area (Å²) in [6, 6.07) is -1.24. The lowest BCUT2D eigenvalue weighted by molar-refractivity contribution is -0.148. The molecule has 2 aliphatic heterocycles. The number of hydrogen-bond donors (Lipinski definition) is 4. The van der Waals surface area contributed by atoms with E-state index < -0.39 is 29.9 Å². The molecule has 0 aromatic carbocycles. The fourth-order valence-corrected chi connectivity index (χ4v) is 2.87. The highest BCUT2D eigenvalue weighted by Crippen LogP contribution is 2.18. The number of likely N-dealkylation sites (tertiary alicyclic amines) is 1. The molecule has 5 N–H and O–H groups in total. The number of piperazine rings is 1. The average Bonchev–Trinajstić information content (AvgIpc) is 3.05. The zero-order valence-electron chi connectivity index (χ0n) is 13.6. The molecule has 2 rings (SSSR count). The maximum absolute atomic E-state index is 11.9. The van der Waals surface area contributed by atoms with E-state index in [4.69, 9.17) is 10.8 Å². The second kappa shape index (κ2) is 10.1. The lowest BCUT2D eigenvalue weighted by Crippen LogP contribution is -2.49. The van der Waals surface area contributed by atoms with Gasteiger partial charge >= 0.3 is 17.8 Å². The molecule has 2 heterocycles. The van der Waals surface area contributed by atoms with Crippen LogP contribution in [0.2, 0.25) is 0 Å². The van der Waals surface area contributed by atoms with Gasteiger partial charge in [0.25, 0.3) is 0 Å². The summed E-state index contributed by atoms with van der Waals surface area (Å²) in [7, 11) is 0. The van der Waals surface area contributed by atoms with Gasteiger partial charge in [-0.05, 0) is 31.3 Å². The number of rotatable bonds is 5. The number of nitrogens with two attached hydrogens (primary N) is 1. The fraction of sp³-hybridized carbons (Fsp3) is 0.714. The Hall–Kier alpha value is -1.81. The molecule has 24 heavy (non-hydrogen) atoms. The number of carboxylic acids is 1. The number of carbonyl (C=O) groups is 4.